The molecular weight excluding hydrogens is 242 g/mol. The molecular formula is C15H19NO3. The standard InChI is InChI=1S/C15H19NO3/c1-19-15(18)13-11-16(10-8-14(13)17)9-7-12-5-3-2-4-6-12/h2-6,13H,7-11H2,1H3/t13-/m1/s1. The van der Waals surface area contributed by atoms with Gasteiger partial charge < -0.3 is 9.64 Å². The number of esters is 1. The smallest absolute Gasteiger partial charge is 0.317 e. The van der Waals surface area contributed by atoms with Crippen molar-refractivity contribution >= 4 is 11.8 Å². The van der Waals surface area contributed by atoms with Gasteiger partial charge in [0.1, 0.15) is 11.7 Å². The summed E-state index contributed by atoms with van der Waals surface area (Å²) in [4.78, 5) is 25.4. The van der Waals surface area contributed by atoms with Gasteiger partial charge in [0.25, 0.3) is 0 Å². The van der Waals surface area contributed by atoms with Crippen LogP contribution >= 0.6 is 0 Å². The number of methoxy groups -OCH3 is 1. The van der Waals surface area contributed by atoms with Gasteiger partial charge in [0.15, 0.2) is 0 Å². The van der Waals surface area contributed by atoms with Crippen LogP contribution in [0.15, 0.2) is 30.3 Å². The minimum Gasteiger partial charge on any atom is -0.468 e. The van der Waals surface area contributed by atoms with Crippen LogP contribution in [0.25, 0.3) is 0 Å². The molecule has 1 fully saturated rings. The van der Waals surface area contributed by atoms with Crippen molar-refractivity contribution < 1.29 is 14.3 Å². The van der Waals surface area contributed by atoms with E-state index in [1.54, 1.807) is 0 Å². The molecule has 0 bridgehead atoms. The SMILES string of the molecule is COC(=O)[C@@H]1CN(CCc2ccccc2)CCC1=O. The Morgan fingerprint density at radius 1 is 1.37 bits per heavy atom. The molecule has 0 amide bonds. The number of piperidine rings is 1. The predicted molar refractivity (Wildman–Crippen MR) is 71.7 cm³/mol. The summed E-state index contributed by atoms with van der Waals surface area (Å²) in [5.74, 6) is -1.01. The van der Waals surface area contributed by atoms with Crippen molar-refractivity contribution in [3.63, 3.8) is 0 Å². The lowest BCUT2D eigenvalue weighted by Gasteiger charge is -2.30. The Labute approximate surface area is 113 Å². The van der Waals surface area contributed by atoms with E-state index in [9.17, 15) is 9.59 Å². The summed E-state index contributed by atoms with van der Waals surface area (Å²) in [5, 5.41) is 0. The van der Waals surface area contributed by atoms with Crippen LogP contribution in [0.1, 0.15) is 12.0 Å². The Morgan fingerprint density at radius 3 is 2.79 bits per heavy atom. The van der Waals surface area contributed by atoms with Crippen LogP contribution in [0, 0.1) is 5.92 Å². The van der Waals surface area contributed by atoms with Crippen LogP contribution in [-0.4, -0.2) is 43.4 Å². The molecule has 19 heavy (non-hydrogen) atoms. The van der Waals surface area contributed by atoms with E-state index < -0.39 is 11.9 Å². The zero-order valence-corrected chi connectivity index (χ0v) is 11.2. The lowest BCUT2D eigenvalue weighted by Crippen LogP contribution is -2.45. The monoisotopic (exact) mass is 261 g/mol. The second-order valence-corrected chi connectivity index (χ2v) is 4.83. The molecule has 0 radical (unpaired) electrons. The van der Waals surface area contributed by atoms with Gasteiger partial charge >= 0.3 is 5.97 Å². The Morgan fingerprint density at radius 2 is 2.11 bits per heavy atom. The Balaban J connectivity index is 1.88. The van der Waals surface area contributed by atoms with E-state index in [0.29, 0.717) is 13.0 Å². The third kappa shape index (κ3) is 3.64. The number of carbonyl (C=O) groups excluding carboxylic acids is 2. The molecule has 0 N–H and O–H groups in total. The molecule has 0 saturated carbocycles. The number of benzene rings is 1. The number of nitrogens with zero attached hydrogens (tertiary/aromatic N) is 1. The Hall–Kier alpha value is -1.68. The largest absolute Gasteiger partial charge is 0.468 e. The maximum atomic E-state index is 11.7. The third-order valence-corrected chi connectivity index (χ3v) is 3.55. The van der Waals surface area contributed by atoms with E-state index >= 15 is 0 Å². The van der Waals surface area contributed by atoms with E-state index in [4.69, 9.17) is 0 Å². The van der Waals surface area contributed by atoms with Gasteiger partial charge in [-0.15, -0.1) is 0 Å². The number of ether oxygens (including phenoxy) is 1. The van der Waals surface area contributed by atoms with Gasteiger partial charge in [-0.1, -0.05) is 30.3 Å². The summed E-state index contributed by atoms with van der Waals surface area (Å²) in [6.45, 7) is 2.09. The first kappa shape index (κ1) is 13.7. The normalized spacial score (nSPS) is 20.3. The van der Waals surface area contributed by atoms with E-state index in [0.717, 1.165) is 19.5 Å². The summed E-state index contributed by atoms with van der Waals surface area (Å²) < 4.78 is 4.68. The first-order valence-electron chi connectivity index (χ1n) is 6.57. The topological polar surface area (TPSA) is 46.6 Å². The van der Waals surface area contributed by atoms with Crippen molar-refractivity contribution in [2.45, 2.75) is 12.8 Å². The second-order valence-electron chi connectivity index (χ2n) is 4.83. The van der Waals surface area contributed by atoms with Crippen LogP contribution in [0.3, 0.4) is 0 Å². The average molecular weight is 261 g/mol. The zero-order valence-electron chi connectivity index (χ0n) is 11.2. The minimum atomic E-state index is -0.602. The average Bonchev–Trinajstić information content (AvgIpc) is 2.46. The summed E-state index contributed by atoms with van der Waals surface area (Å²) in [7, 11) is 1.33. The minimum absolute atomic E-state index is 0.00260. The number of hydrogen-bond donors (Lipinski definition) is 0. The number of carbonyl (C=O) groups is 2. The number of ketones is 1. The van der Waals surface area contributed by atoms with Crippen molar-refractivity contribution in [2.75, 3.05) is 26.7 Å². The van der Waals surface area contributed by atoms with Gasteiger partial charge in [-0.05, 0) is 12.0 Å². The first-order valence-corrected chi connectivity index (χ1v) is 6.57. The summed E-state index contributed by atoms with van der Waals surface area (Å²) in [5.41, 5.74) is 1.27. The van der Waals surface area contributed by atoms with Gasteiger partial charge in [-0.2, -0.15) is 0 Å². The molecule has 0 spiro atoms. The molecule has 0 aromatic heterocycles. The number of Topliss-reactive ketones (excluding diaryl/α,β-unsaturated/α-hetero) is 1. The van der Waals surface area contributed by atoms with E-state index in [-0.39, 0.29) is 5.78 Å². The van der Waals surface area contributed by atoms with Gasteiger partial charge in [0.05, 0.1) is 7.11 Å². The molecule has 1 aromatic rings. The molecule has 1 aromatic carbocycles. The molecule has 1 aliphatic heterocycles. The summed E-state index contributed by atoms with van der Waals surface area (Å²) >= 11 is 0. The fraction of sp³-hybridized carbons (Fsp3) is 0.467. The highest BCUT2D eigenvalue weighted by molar-refractivity contribution is 5.99. The first-order chi connectivity index (χ1) is 9.20. The Bertz CT molecular complexity index is 436. The fourth-order valence-electron chi connectivity index (χ4n) is 2.38. The van der Waals surface area contributed by atoms with E-state index in [1.807, 2.05) is 18.2 Å². The maximum absolute atomic E-state index is 11.7. The highest BCUT2D eigenvalue weighted by Gasteiger charge is 2.33. The van der Waals surface area contributed by atoms with Crippen molar-refractivity contribution in [2.24, 2.45) is 5.92 Å². The summed E-state index contributed by atoms with van der Waals surface area (Å²) in [6, 6.07) is 10.2. The summed E-state index contributed by atoms with van der Waals surface area (Å²) in [6.07, 6.45) is 1.37. The van der Waals surface area contributed by atoms with Crippen molar-refractivity contribution in [1.29, 1.82) is 0 Å². The van der Waals surface area contributed by atoms with Crippen molar-refractivity contribution in [3.8, 4) is 0 Å². The maximum Gasteiger partial charge on any atom is 0.317 e. The lowest BCUT2D eigenvalue weighted by molar-refractivity contribution is -0.151. The van der Waals surface area contributed by atoms with Gasteiger partial charge in [-0.3, -0.25) is 9.59 Å². The second kappa shape index (κ2) is 6.48. The van der Waals surface area contributed by atoms with Crippen LogP contribution in [0.2, 0.25) is 0 Å². The van der Waals surface area contributed by atoms with Crippen LogP contribution in [0.5, 0.6) is 0 Å². The van der Waals surface area contributed by atoms with Crippen LogP contribution < -0.4 is 0 Å². The van der Waals surface area contributed by atoms with Gasteiger partial charge in [0.2, 0.25) is 0 Å². The fourth-order valence-corrected chi connectivity index (χ4v) is 2.38. The highest BCUT2D eigenvalue weighted by atomic mass is 16.5. The molecule has 102 valence electrons. The van der Waals surface area contributed by atoms with Crippen molar-refractivity contribution in [1.82, 2.24) is 4.90 Å². The van der Waals surface area contributed by atoms with E-state index in [2.05, 4.69) is 21.8 Å². The molecule has 1 aliphatic rings. The molecule has 4 heteroatoms. The molecule has 1 heterocycles. The van der Waals surface area contributed by atoms with Crippen molar-refractivity contribution in [3.05, 3.63) is 35.9 Å². The highest BCUT2D eigenvalue weighted by Crippen LogP contribution is 2.15. The molecule has 0 aliphatic carbocycles. The number of rotatable bonds is 4. The molecule has 2 rings (SSSR count). The Kier molecular flexibility index (Phi) is 4.68. The molecule has 4 nitrogen and oxygen atoms in total. The quantitative estimate of drug-likeness (QED) is 0.605. The van der Waals surface area contributed by atoms with Gasteiger partial charge in [0, 0.05) is 26.1 Å². The lowest BCUT2D eigenvalue weighted by atomic mass is 9.96. The molecule has 1 saturated heterocycles. The third-order valence-electron chi connectivity index (χ3n) is 3.55. The predicted octanol–water partition coefficient (Wildman–Crippen LogP) is 1.29. The zero-order chi connectivity index (χ0) is 13.7. The van der Waals surface area contributed by atoms with Gasteiger partial charge in [-0.25, -0.2) is 0 Å². The van der Waals surface area contributed by atoms with E-state index in [1.165, 1.54) is 12.7 Å². The number of likely N-dealkylation sites (tertiary alicyclic amines) is 1. The molecule has 1 atom stereocenters. The van der Waals surface area contributed by atoms with Crippen LogP contribution in [0.4, 0.5) is 0 Å². The number of hydrogen-bond acceptors (Lipinski definition) is 4. The molecule has 0 unspecified atom stereocenters. The van der Waals surface area contributed by atoms with Crippen LogP contribution in [-0.2, 0) is 20.7 Å².